The SMILES string of the molecule is N#CC1(N2CCCCCC2)CCCCC1c1ccccc1. The molecule has 21 heavy (non-hydrogen) atoms. The van der Waals surface area contributed by atoms with E-state index < -0.39 is 0 Å². The first-order valence-corrected chi connectivity index (χ1v) is 8.58. The van der Waals surface area contributed by atoms with E-state index in [1.165, 1.54) is 44.1 Å². The number of nitriles is 1. The molecule has 2 aliphatic rings. The monoisotopic (exact) mass is 282 g/mol. The van der Waals surface area contributed by atoms with Crippen LogP contribution in [-0.2, 0) is 0 Å². The van der Waals surface area contributed by atoms with Crippen LogP contribution in [0.3, 0.4) is 0 Å². The number of hydrogen-bond donors (Lipinski definition) is 0. The Kier molecular flexibility index (Phi) is 4.60. The number of benzene rings is 1. The van der Waals surface area contributed by atoms with Crippen molar-refractivity contribution in [3.05, 3.63) is 35.9 Å². The lowest BCUT2D eigenvalue weighted by Gasteiger charge is -2.47. The van der Waals surface area contributed by atoms with Gasteiger partial charge >= 0.3 is 0 Å². The molecular weight excluding hydrogens is 256 g/mol. The molecule has 1 aromatic carbocycles. The highest BCUT2D eigenvalue weighted by atomic mass is 15.2. The Balaban J connectivity index is 1.94. The lowest BCUT2D eigenvalue weighted by Crippen LogP contribution is -2.53. The molecule has 0 N–H and O–H groups in total. The Morgan fingerprint density at radius 1 is 0.952 bits per heavy atom. The molecule has 112 valence electrons. The van der Waals surface area contributed by atoms with Crippen molar-refractivity contribution in [2.45, 2.75) is 62.8 Å². The summed E-state index contributed by atoms with van der Waals surface area (Å²) in [5, 5.41) is 10.1. The van der Waals surface area contributed by atoms with Crippen molar-refractivity contribution in [3.8, 4) is 6.07 Å². The fraction of sp³-hybridized carbons (Fsp3) is 0.632. The minimum atomic E-state index is -0.260. The van der Waals surface area contributed by atoms with E-state index in [1.807, 2.05) is 0 Å². The first kappa shape index (κ1) is 14.6. The van der Waals surface area contributed by atoms with E-state index in [2.05, 4.69) is 41.3 Å². The zero-order valence-electron chi connectivity index (χ0n) is 12.9. The molecule has 0 aromatic heterocycles. The van der Waals surface area contributed by atoms with Gasteiger partial charge in [0.15, 0.2) is 0 Å². The molecule has 1 aliphatic heterocycles. The van der Waals surface area contributed by atoms with Crippen LogP contribution < -0.4 is 0 Å². The van der Waals surface area contributed by atoms with Gasteiger partial charge in [0, 0.05) is 5.92 Å². The van der Waals surface area contributed by atoms with E-state index in [1.54, 1.807) is 0 Å². The highest BCUT2D eigenvalue weighted by molar-refractivity contribution is 5.30. The molecule has 3 rings (SSSR count). The molecule has 1 aliphatic carbocycles. The Morgan fingerprint density at radius 2 is 1.67 bits per heavy atom. The molecular formula is C19H26N2. The van der Waals surface area contributed by atoms with Gasteiger partial charge in [0.05, 0.1) is 6.07 Å². The second kappa shape index (κ2) is 6.62. The summed E-state index contributed by atoms with van der Waals surface area (Å²) in [5.74, 6) is 0.385. The first-order valence-electron chi connectivity index (χ1n) is 8.58. The lowest BCUT2D eigenvalue weighted by molar-refractivity contribution is 0.0802. The largest absolute Gasteiger partial charge is 0.285 e. The van der Waals surface area contributed by atoms with Gasteiger partial charge in [0.1, 0.15) is 5.54 Å². The maximum atomic E-state index is 10.1. The molecule has 2 heteroatoms. The van der Waals surface area contributed by atoms with E-state index in [9.17, 15) is 5.26 Å². The van der Waals surface area contributed by atoms with E-state index in [-0.39, 0.29) is 5.54 Å². The van der Waals surface area contributed by atoms with Gasteiger partial charge in [-0.1, -0.05) is 56.0 Å². The molecule has 0 spiro atoms. The molecule has 2 nitrogen and oxygen atoms in total. The third-order valence-corrected chi connectivity index (χ3v) is 5.44. The quantitative estimate of drug-likeness (QED) is 0.799. The summed E-state index contributed by atoms with van der Waals surface area (Å²) in [6, 6.07) is 13.5. The summed E-state index contributed by atoms with van der Waals surface area (Å²) >= 11 is 0. The fourth-order valence-electron chi connectivity index (χ4n) is 4.34. The molecule has 0 bridgehead atoms. The Labute approximate surface area is 128 Å². The van der Waals surface area contributed by atoms with Crippen molar-refractivity contribution >= 4 is 0 Å². The van der Waals surface area contributed by atoms with Crippen molar-refractivity contribution in [3.63, 3.8) is 0 Å². The predicted octanol–water partition coefficient (Wildman–Crippen LogP) is 4.48. The van der Waals surface area contributed by atoms with Crippen LogP contribution >= 0.6 is 0 Å². The molecule has 1 saturated carbocycles. The van der Waals surface area contributed by atoms with Gasteiger partial charge in [0.25, 0.3) is 0 Å². The summed E-state index contributed by atoms with van der Waals surface area (Å²) in [6.45, 7) is 2.22. The number of nitrogens with zero attached hydrogens (tertiary/aromatic N) is 2. The van der Waals surface area contributed by atoms with Gasteiger partial charge in [-0.25, -0.2) is 0 Å². The Hall–Kier alpha value is -1.33. The second-order valence-electron chi connectivity index (χ2n) is 6.65. The van der Waals surface area contributed by atoms with Crippen LogP contribution in [0.2, 0.25) is 0 Å². The van der Waals surface area contributed by atoms with Crippen LogP contribution in [0.1, 0.15) is 62.8 Å². The fourth-order valence-corrected chi connectivity index (χ4v) is 4.34. The molecule has 1 heterocycles. The van der Waals surface area contributed by atoms with Gasteiger partial charge in [0.2, 0.25) is 0 Å². The third kappa shape index (κ3) is 2.85. The van der Waals surface area contributed by atoms with Crippen molar-refractivity contribution < 1.29 is 0 Å². The summed E-state index contributed by atoms with van der Waals surface area (Å²) in [5.41, 5.74) is 1.10. The zero-order chi connectivity index (χ0) is 14.5. The summed E-state index contributed by atoms with van der Waals surface area (Å²) < 4.78 is 0. The van der Waals surface area contributed by atoms with E-state index >= 15 is 0 Å². The highest BCUT2D eigenvalue weighted by Crippen LogP contribution is 2.45. The van der Waals surface area contributed by atoms with Crippen LogP contribution in [0.25, 0.3) is 0 Å². The van der Waals surface area contributed by atoms with Crippen molar-refractivity contribution in [2.75, 3.05) is 13.1 Å². The molecule has 2 atom stereocenters. The van der Waals surface area contributed by atoms with Crippen LogP contribution in [0, 0.1) is 11.3 Å². The maximum Gasteiger partial charge on any atom is 0.116 e. The van der Waals surface area contributed by atoms with Crippen LogP contribution in [0.5, 0.6) is 0 Å². The van der Waals surface area contributed by atoms with Gasteiger partial charge in [-0.15, -0.1) is 0 Å². The average Bonchev–Trinajstić information content (AvgIpc) is 2.85. The first-order chi connectivity index (χ1) is 10.4. The molecule has 0 radical (unpaired) electrons. The van der Waals surface area contributed by atoms with E-state index in [0.29, 0.717) is 5.92 Å². The minimum Gasteiger partial charge on any atom is -0.285 e. The number of likely N-dealkylation sites (tertiary alicyclic amines) is 1. The summed E-state index contributed by atoms with van der Waals surface area (Å²) in [7, 11) is 0. The number of rotatable bonds is 2. The molecule has 1 aromatic rings. The second-order valence-corrected chi connectivity index (χ2v) is 6.65. The summed E-state index contributed by atoms with van der Waals surface area (Å²) in [6.07, 6.45) is 9.83. The van der Waals surface area contributed by atoms with Gasteiger partial charge in [-0.2, -0.15) is 5.26 Å². The van der Waals surface area contributed by atoms with Gasteiger partial charge in [-0.05, 0) is 44.3 Å². The maximum absolute atomic E-state index is 10.1. The molecule has 2 fully saturated rings. The third-order valence-electron chi connectivity index (χ3n) is 5.44. The summed E-state index contributed by atoms with van der Waals surface area (Å²) in [4.78, 5) is 2.54. The lowest BCUT2D eigenvalue weighted by atomic mass is 9.69. The Morgan fingerprint density at radius 3 is 2.33 bits per heavy atom. The smallest absolute Gasteiger partial charge is 0.116 e. The zero-order valence-corrected chi connectivity index (χ0v) is 12.9. The molecule has 1 saturated heterocycles. The predicted molar refractivity (Wildman–Crippen MR) is 86.0 cm³/mol. The highest BCUT2D eigenvalue weighted by Gasteiger charge is 2.46. The van der Waals surface area contributed by atoms with Gasteiger partial charge in [-0.3, -0.25) is 4.90 Å². The average molecular weight is 282 g/mol. The van der Waals surface area contributed by atoms with Crippen LogP contribution in [0.15, 0.2) is 30.3 Å². The van der Waals surface area contributed by atoms with E-state index in [0.717, 1.165) is 25.9 Å². The van der Waals surface area contributed by atoms with E-state index in [4.69, 9.17) is 0 Å². The molecule has 0 amide bonds. The normalized spacial score (nSPS) is 31.3. The van der Waals surface area contributed by atoms with Gasteiger partial charge < -0.3 is 0 Å². The minimum absolute atomic E-state index is 0.260. The van der Waals surface area contributed by atoms with Crippen LogP contribution in [-0.4, -0.2) is 23.5 Å². The van der Waals surface area contributed by atoms with Crippen molar-refractivity contribution in [1.82, 2.24) is 4.90 Å². The number of hydrogen-bond acceptors (Lipinski definition) is 2. The van der Waals surface area contributed by atoms with Crippen LogP contribution in [0.4, 0.5) is 0 Å². The Bertz CT molecular complexity index is 482. The molecule has 2 unspecified atom stereocenters. The standard InChI is InChI=1S/C19H26N2/c20-16-19(21-14-8-1-2-9-15-21)13-7-6-12-18(19)17-10-4-3-5-11-17/h3-5,10-11,18H,1-2,6-9,12-15H2. The van der Waals surface area contributed by atoms with Crippen molar-refractivity contribution in [1.29, 1.82) is 5.26 Å². The topological polar surface area (TPSA) is 27.0 Å². The van der Waals surface area contributed by atoms with Crippen molar-refractivity contribution in [2.24, 2.45) is 0 Å².